The second-order valence-electron chi connectivity index (χ2n) is 18.5. The minimum atomic E-state index is -4.38. The van der Waals surface area contributed by atoms with Crippen molar-refractivity contribution in [2.24, 2.45) is 5.73 Å². The van der Waals surface area contributed by atoms with Crippen molar-refractivity contribution in [3.05, 3.63) is 24.3 Å². The standard InChI is InChI=1S/C54H104NO8P/c1-3-5-7-9-11-13-15-17-19-20-21-22-23-24-25-26-27-28-29-30-31-33-34-36-38-40-42-44-46-53(56)60-50-52(51-62-64(58,59)61-49-48-55)63-54(57)47-45-43-41-39-37-35-32-18-16-14-12-10-8-6-4-2/h12,14,18,32,52H,3-11,13,15-17,19-31,33-51,55H2,1-2H3,(H,58,59)/b14-12-,32-18-. The van der Waals surface area contributed by atoms with Gasteiger partial charge in [0.05, 0.1) is 13.2 Å². The Morgan fingerprint density at radius 3 is 1.22 bits per heavy atom. The zero-order chi connectivity index (χ0) is 46.7. The fourth-order valence-electron chi connectivity index (χ4n) is 8.02. The minimum Gasteiger partial charge on any atom is -0.462 e. The Labute approximate surface area is 395 Å². The van der Waals surface area contributed by atoms with Crippen molar-refractivity contribution in [1.82, 2.24) is 0 Å². The van der Waals surface area contributed by atoms with Crippen LogP contribution in [0.1, 0.15) is 277 Å². The molecule has 0 fully saturated rings. The van der Waals surface area contributed by atoms with Crippen molar-refractivity contribution in [2.45, 2.75) is 283 Å². The van der Waals surface area contributed by atoms with Gasteiger partial charge in [-0.15, -0.1) is 0 Å². The van der Waals surface area contributed by atoms with E-state index in [0.29, 0.717) is 6.42 Å². The van der Waals surface area contributed by atoms with Crippen molar-refractivity contribution in [3.8, 4) is 0 Å². The van der Waals surface area contributed by atoms with E-state index >= 15 is 0 Å². The SMILES string of the molecule is CCCCC/C=C\C/C=C\CCCCCCCC(=O)OC(COC(=O)CCCCCCCCCCCCCCCCCCCCCCCCCCCCCC)COP(=O)(O)OCCN. The first-order chi connectivity index (χ1) is 31.3. The van der Waals surface area contributed by atoms with Crippen LogP contribution in [-0.2, 0) is 32.7 Å². The number of hydrogen-bond acceptors (Lipinski definition) is 8. The molecular formula is C54H104NO8P. The fraction of sp³-hybridized carbons (Fsp3) is 0.889. The number of esters is 2. The van der Waals surface area contributed by atoms with Gasteiger partial charge in [0.25, 0.3) is 0 Å². The number of phosphoric ester groups is 1. The first-order valence-corrected chi connectivity index (χ1v) is 28.8. The molecule has 3 N–H and O–H groups in total. The summed E-state index contributed by atoms with van der Waals surface area (Å²) in [7, 11) is -4.38. The molecule has 0 radical (unpaired) electrons. The molecule has 0 bridgehead atoms. The van der Waals surface area contributed by atoms with Crippen LogP contribution in [0.4, 0.5) is 0 Å². The number of ether oxygens (including phenoxy) is 2. The van der Waals surface area contributed by atoms with Crippen molar-refractivity contribution in [1.29, 1.82) is 0 Å². The largest absolute Gasteiger partial charge is 0.472 e. The van der Waals surface area contributed by atoms with Gasteiger partial charge in [-0.3, -0.25) is 18.6 Å². The lowest BCUT2D eigenvalue weighted by atomic mass is 10.0. The lowest BCUT2D eigenvalue weighted by Crippen LogP contribution is -2.29. The van der Waals surface area contributed by atoms with Crippen LogP contribution in [0.15, 0.2) is 24.3 Å². The van der Waals surface area contributed by atoms with E-state index in [9.17, 15) is 19.0 Å². The van der Waals surface area contributed by atoms with Crippen LogP contribution in [0.5, 0.6) is 0 Å². The third-order valence-electron chi connectivity index (χ3n) is 12.1. The molecule has 0 spiro atoms. The van der Waals surface area contributed by atoms with Crippen molar-refractivity contribution in [2.75, 3.05) is 26.4 Å². The molecule has 0 aliphatic carbocycles. The topological polar surface area (TPSA) is 134 Å². The molecule has 0 saturated carbocycles. The lowest BCUT2D eigenvalue weighted by Gasteiger charge is -2.19. The predicted octanol–water partition coefficient (Wildman–Crippen LogP) is 16.7. The van der Waals surface area contributed by atoms with Crippen LogP contribution < -0.4 is 5.73 Å². The van der Waals surface area contributed by atoms with Crippen LogP contribution in [0, 0.1) is 0 Å². The second-order valence-corrected chi connectivity index (χ2v) is 19.9. The molecule has 2 atom stereocenters. The third kappa shape index (κ3) is 49.9. The number of unbranched alkanes of at least 4 members (excludes halogenated alkanes) is 35. The monoisotopic (exact) mass is 926 g/mol. The maximum Gasteiger partial charge on any atom is 0.472 e. The van der Waals surface area contributed by atoms with Gasteiger partial charge in [0, 0.05) is 19.4 Å². The van der Waals surface area contributed by atoms with Crippen molar-refractivity contribution in [3.63, 3.8) is 0 Å². The molecular weight excluding hydrogens is 822 g/mol. The normalized spacial score (nSPS) is 13.2. The number of nitrogens with two attached hydrogens (primary N) is 1. The molecule has 10 heteroatoms. The maximum absolute atomic E-state index is 12.6. The first-order valence-electron chi connectivity index (χ1n) is 27.3. The van der Waals surface area contributed by atoms with E-state index in [1.165, 1.54) is 186 Å². The summed E-state index contributed by atoms with van der Waals surface area (Å²) >= 11 is 0. The molecule has 378 valence electrons. The number of carbonyl (C=O) groups is 2. The molecule has 0 saturated heterocycles. The summed E-state index contributed by atoms with van der Waals surface area (Å²) in [6, 6.07) is 0. The van der Waals surface area contributed by atoms with Gasteiger partial charge in [0.1, 0.15) is 6.61 Å². The summed E-state index contributed by atoms with van der Waals surface area (Å²) in [5.74, 6) is -0.831. The van der Waals surface area contributed by atoms with Crippen LogP contribution in [-0.4, -0.2) is 49.3 Å². The van der Waals surface area contributed by atoms with Gasteiger partial charge in [-0.05, 0) is 44.9 Å². The highest BCUT2D eigenvalue weighted by Gasteiger charge is 2.26. The Morgan fingerprint density at radius 1 is 0.469 bits per heavy atom. The van der Waals surface area contributed by atoms with E-state index in [2.05, 4.69) is 38.2 Å². The summed E-state index contributed by atoms with van der Waals surface area (Å²) < 4.78 is 32.9. The minimum absolute atomic E-state index is 0.0528. The molecule has 0 aliphatic rings. The summed E-state index contributed by atoms with van der Waals surface area (Å²) in [4.78, 5) is 35.0. The molecule has 0 aliphatic heterocycles. The van der Waals surface area contributed by atoms with Crippen LogP contribution in [0.2, 0.25) is 0 Å². The van der Waals surface area contributed by atoms with Crippen LogP contribution in [0.3, 0.4) is 0 Å². The predicted molar refractivity (Wildman–Crippen MR) is 271 cm³/mol. The third-order valence-corrected chi connectivity index (χ3v) is 13.1. The number of carbonyl (C=O) groups excluding carboxylic acids is 2. The van der Waals surface area contributed by atoms with Gasteiger partial charge in [0.2, 0.25) is 0 Å². The van der Waals surface area contributed by atoms with Crippen LogP contribution >= 0.6 is 7.82 Å². The number of allylic oxidation sites excluding steroid dienone is 4. The molecule has 0 aromatic rings. The molecule has 64 heavy (non-hydrogen) atoms. The van der Waals surface area contributed by atoms with E-state index in [0.717, 1.165) is 57.8 Å². The Bertz CT molecular complexity index is 1100. The molecule has 0 aromatic heterocycles. The number of phosphoric acid groups is 1. The van der Waals surface area contributed by atoms with Gasteiger partial charge < -0.3 is 20.1 Å². The summed E-state index contributed by atoms with van der Waals surface area (Å²) in [5, 5.41) is 0. The molecule has 0 heterocycles. The van der Waals surface area contributed by atoms with E-state index in [-0.39, 0.29) is 38.6 Å². The Hall–Kier alpha value is -1.51. The zero-order valence-corrected chi connectivity index (χ0v) is 42.9. The van der Waals surface area contributed by atoms with Gasteiger partial charge >= 0.3 is 19.8 Å². The van der Waals surface area contributed by atoms with Crippen molar-refractivity contribution < 1.29 is 37.6 Å². The van der Waals surface area contributed by atoms with E-state index in [1.807, 2.05) is 0 Å². The van der Waals surface area contributed by atoms with Crippen LogP contribution in [0.25, 0.3) is 0 Å². The maximum atomic E-state index is 12.6. The zero-order valence-electron chi connectivity index (χ0n) is 42.0. The highest BCUT2D eigenvalue weighted by Crippen LogP contribution is 2.43. The Kier molecular flexibility index (Phi) is 49.7. The second kappa shape index (κ2) is 50.9. The summed E-state index contributed by atoms with van der Waals surface area (Å²) in [6.07, 6.45) is 58.1. The van der Waals surface area contributed by atoms with Crippen molar-refractivity contribution >= 4 is 19.8 Å². The highest BCUT2D eigenvalue weighted by atomic mass is 31.2. The van der Waals surface area contributed by atoms with Gasteiger partial charge in [0.15, 0.2) is 6.10 Å². The fourth-order valence-corrected chi connectivity index (χ4v) is 8.79. The Morgan fingerprint density at radius 2 is 0.812 bits per heavy atom. The van der Waals surface area contributed by atoms with E-state index in [4.69, 9.17) is 24.3 Å². The number of hydrogen-bond donors (Lipinski definition) is 2. The summed E-state index contributed by atoms with van der Waals surface area (Å²) in [6.45, 7) is 3.74. The lowest BCUT2D eigenvalue weighted by molar-refractivity contribution is -0.161. The molecule has 9 nitrogen and oxygen atoms in total. The molecule has 0 aromatic carbocycles. The summed E-state index contributed by atoms with van der Waals surface area (Å²) in [5.41, 5.74) is 5.37. The van der Waals surface area contributed by atoms with Gasteiger partial charge in [-0.2, -0.15) is 0 Å². The van der Waals surface area contributed by atoms with Gasteiger partial charge in [-0.25, -0.2) is 4.57 Å². The van der Waals surface area contributed by atoms with Gasteiger partial charge in [-0.1, -0.05) is 244 Å². The van der Waals surface area contributed by atoms with E-state index in [1.54, 1.807) is 0 Å². The average Bonchev–Trinajstić information content (AvgIpc) is 3.28. The smallest absolute Gasteiger partial charge is 0.462 e. The highest BCUT2D eigenvalue weighted by molar-refractivity contribution is 7.47. The average molecular weight is 926 g/mol. The molecule has 0 amide bonds. The Balaban J connectivity index is 3.89. The quantitative estimate of drug-likeness (QED) is 0.0265. The molecule has 2 unspecified atom stereocenters. The first kappa shape index (κ1) is 62.5. The van der Waals surface area contributed by atoms with E-state index < -0.39 is 26.5 Å². The number of rotatable bonds is 52. The molecule has 0 rings (SSSR count).